The number of nitrogens with two attached hydrogens (primary N) is 1. The van der Waals surface area contributed by atoms with Crippen molar-refractivity contribution in [2.75, 3.05) is 19.6 Å². The van der Waals surface area contributed by atoms with Crippen molar-refractivity contribution < 1.29 is 14.3 Å². The van der Waals surface area contributed by atoms with E-state index in [-0.39, 0.29) is 12.1 Å². The molecule has 2 amide bonds. The van der Waals surface area contributed by atoms with Gasteiger partial charge >= 0.3 is 6.09 Å². The number of nitrogens with one attached hydrogen (secondary N) is 2. The van der Waals surface area contributed by atoms with Crippen molar-refractivity contribution in [3.05, 3.63) is 35.4 Å². The Bertz CT molecular complexity index is 688. The van der Waals surface area contributed by atoms with Gasteiger partial charge < -0.3 is 26.0 Å². The van der Waals surface area contributed by atoms with Gasteiger partial charge in [0.15, 0.2) is 5.96 Å². The minimum atomic E-state index is -0.490. The zero-order chi connectivity index (χ0) is 20.0. The van der Waals surface area contributed by atoms with Crippen molar-refractivity contribution in [3.8, 4) is 0 Å². The van der Waals surface area contributed by atoms with Gasteiger partial charge in [0, 0.05) is 25.2 Å². The first-order valence-corrected chi connectivity index (χ1v) is 9.09. The van der Waals surface area contributed by atoms with Crippen LogP contribution in [0.2, 0.25) is 0 Å². The molecule has 4 N–H and O–H groups in total. The molecular formula is C19H29N5O3. The maximum absolute atomic E-state index is 12.0. The van der Waals surface area contributed by atoms with Gasteiger partial charge in [-0.2, -0.15) is 0 Å². The van der Waals surface area contributed by atoms with Gasteiger partial charge in [0.25, 0.3) is 0 Å². The van der Waals surface area contributed by atoms with Gasteiger partial charge in [-0.15, -0.1) is 0 Å². The van der Waals surface area contributed by atoms with Crippen molar-refractivity contribution in [2.45, 2.75) is 45.9 Å². The SMILES string of the molecule is CCNC(=NCc1ccc(C(N)=O)cc1)NC1CN(C(=O)OC(C)(C)C)C1. The number of carbonyl (C=O) groups is 2. The van der Waals surface area contributed by atoms with Crippen molar-refractivity contribution >= 4 is 18.0 Å². The lowest BCUT2D eigenvalue weighted by molar-refractivity contribution is 0.00700. The Hall–Kier alpha value is -2.77. The number of aliphatic imine (C=N–C) groups is 1. The summed E-state index contributed by atoms with van der Waals surface area (Å²) >= 11 is 0. The first-order valence-electron chi connectivity index (χ1n) is 9.09. The van der Waals surface area contributed by atoms with Gasteiger partial charge in [0.1, 0.15) is 5.60 Å². The molecule has 8 heteroatoms. The van der Waals surface area contributed by atoms with Crippen LogP contribution in [0.3, 0.4) is 0 Å². The van der Waals surface area contributed by atoms with Crippen molar-refractivity contribution in [3.63, 3.8) is 0 Å². The van der Waals surface area contributed by atoms with Crippen LogP contribution in [0.5, 0.6) is 0 Å². The largest absolute Gasteiger partial charge is 0.444 e. The lowest BCUT2D eigenvalue weighted by atomic mass is 10.1. The Balaban J connectivity index is 1.86. The molecule has 27 heavy (non-hydrogen) atoms. The Morgan fingerprint density at radius 2 is 1.89 bits per heavy atom. The topological polar surface area (TPSA) is 109 Å². The molecule has 0 unspecified atom stereocenters. The first-order chi connectivity index (χ1) is 12.7. The van der Waals surface area contributed by atoms with Crippen molar-refractivity contribution in [1.82, 2.24) is 15.5 Å². The molecule has 0 radical (unpaired) electrons. The molecular weight excluding hydrogens is 346 g/mol. The van der Waals surface area contributed by atoms with Crippen LogP contribution in [0.15, 0.2) is 29.3 Å². The van der Waals surface area contributed by atoms with Gasteiger partial charge in [-0.05, 0) is 45.4 Å². The Labute approximate surface area is 160 Å². The fourth-order valence-electron chi connectivity index (χ4n) is 2.50. The zero-order valence-corrected chi connectivity index (χ0v) is 16.4. The molecule has 1 aliphatic rings. The molecule has 0 aliphatic carbocycles. The number of likely N-dealkylation sites (tertiary alicyclic amines) is 1. The molecule has 8 nitrogen and oxygen atoms in total. The van der Waals surface area contributed by atoms with Crippen LogP contribution in [-0.2, 0) is 11.3 Å². The van der Waals surface area contributed by atoms with E-state index in [1.807, 2.05) is 39.8 Å². The molecule has 0 saturated carbocycles. The Morgan fingerprint density at radius 1 is 1.26 bits per heavy atom. The van der Waals surface area contributed by atoms with Crippen LogP contribution >= 0.6 is 0 Å². The van der Waals surface area contributed by atoms with Gasteiger partial charge in [0.2, 0.25) is 5.91 Å². The summed E-state index contributed by atoms with van der Waals surface area (Å²) in [7, 11) is 0. The molecule has 0 spiro atoms. The average Bonchev–Trinajstić information content (AvgIpc) is 2.53. The second-order valence-corrected chi connectivity index (χ2v) is 7.48. The third kappa shape index (κ3) is 6.47. The van der Waals surface area contributed by atoms with Crippen LogP contribution in [0.4, 0.5) is 4.79 Å². The molecule has 1 saturated heterocycles. The highest BCUT2D eigenvalue weighted by Gasteiger charge is 2.34. The Kier molecular flexibility index (Phi) is 6.65. The van der Waals surface area contributed by atoms with E-state index in [1.165, 1.54) is 0 Å². The van der Waals surface area contributed by atoms with E-state index in [2.05, 4.69) is 15.6 Å². The molecule has 1 heterocycles. The van der Waals surface area contributed by atoms with E-state index in [0.717, 1.165) is 12.1 Å². The number of primary amides is 1. The third-order valence-electron chi connectivity index (χ3n) is 3.88. The standard InChI is InChI=1S/C19H29N5O3/c1-5-21-17(22-10-13-6-8-14(9-7-13)16(20)25)23-15-11-24(12-15)18(26)27-19(2,3)4/h6-9,15H,5,10-12H2,1-4H3,(H2,20,25)(H2,21,22,23). The predicted octanol–water partition coefficient (Wildman–Crippen LogP) is 1.46. The predicted molar refractivity (Wildman–Crippen MR) is 105 cm³/mol. The van der Waals surface area contributed by atoms with Crippen LogP contribution in [0, 0.1) is 0 Å². The summed E-state index contributed by atoms with van der Waals surface area (Å²) in [5, 5.41) is 6.51. The number of benzene rings is 1. The highest BCUT2D eigenvalue weighted by atomic mass is 16.6. The number of rotatable bonds is 5. The fraction of sp³-hybridized carbons (Fsp3) is 0.526. The number of ether oxygens (including phenoxy) is 1. The third-order valence-corrected chi connectivity index (χ3v) is 3.88. The van der Waals surface area contributed by atoms with Gasteiger partial charge in [0.05, 0.1) is 12.6 Å². The van der Waals surface area contributed by atoms with E-state index >= 15 is 0 Å². The second-order valence-electron chi connectivity index (χ2n) is 7.48. The number of amides is 2. The maximum Gasteiger partial charge on any atom is 0.410 e. The highest BCUT2D eigenvalue weighted by Crippen LogP contribution is 2.15. The van der Waals surface area contributed by atoms with E-state index in [4.69, 9.17) is 10.5 Å². The van der Waals surface area contributed by atoms with Crippen molar-refractivity contribution in [2.24, 2.45) is 10.7 Å². The van der Waals surface area contributed by atoms with Gasteiger partial charge in [-0.3, -0.25) is 4.79 Å². The molecule has 1 aliphatic heterocycles. The monoisotopic (exact) mass is 375 g/mol. The van der Waals surface area contributed by atoms with E-state index < -0.39 is 11.5 Å². The van der Waals surface area contributed by atoms with E-state index in [9.17, 15) is 9.59 Å². The summed E-state index contributed by atoms with van der Waals surface area (Å²) < 4.78 is 5.35. The summed E-state index contributed by atoms with van der Waals surface area (Å²) in [6, 6.07) is 7.19. The molecule has 0 aromatic heterocycles. The number of carbonyl (C=O) groups excluding carboxylic acids is 2. The molecule has 1 aromatic carbocycles. The van der Waals surface area contributed by atoms with Crippen LogP contribution in [0.1, 0.15) is 43.6 Å². The summed E-state index contributed by atoms with van der Waals surface area (Å²) in [6.07, 6.45) is -0.294. The highest BCUT2D eigenvalue weighted by molar-refractivity contribution is 5.92. The molecule has 0 atom stereocenters. The van der Waals surface area contributed by atoms with Crippen LogP contribution in [-0.4, -0.2) is 54.1 Å². The number of guanidine groups is 1. The number of nitrogens with zero attached hydrogens (tertiary/aromatic N) is 2. The summed E-state index contributed by atoms with van der Waals surface area (Å²) in [4.78, 5) is 29.3. The summed E-state index contributed by atoms with van der Waals surface area (Å²) in [6.45, 7) is 9.91. The summed E-state index contributed by atoms with van der Waals surface area (Å²) in [5.41, 5.74) is 6.20. The quantitative estimate of drug-likeness (QED) is 0.533. The Morgan fingerprint density at radius 3 is 2.41 bits per heavy atom. The van der Waals surface area contributed by atoms with Gasteiger partial charge in [-0.1, -0.05) is 12.1 Å². The second kappa shape index (κ2) is 8.75. The average molecular weight is 375 g/mol. The number of hydrogen-bond donors (Lipinski definition) is 3. The minimum Gasteiger partial charge on any atom is -0.444 e. The van der Waals surface area contributed by atoms with Crippen LogP contribution in [0.25, 0.3) is 0 Å². The molecule has 0 bridgehead atoms. The summed E-state index contributed by atoms with van der Waals surface area (Å²) in [5.74, 6) is 0.241. The van der Waals surface area contributed by atoms with E-state index in [0.29, 0.717) is 31.2 Å². The zero-order valence-electron chi connectivity index (χ0n) is 16.4. The number of hydrogen-bond acceptors (Lipinski definition) is 4. The van der Waals surface area contributed by atoms with Crippen molar-refractivity contribution in [1.29, 1.82) is 0 Å². The normalized spacial score (nSPS) is 15.1. The van der Waals surface area contributed by atoms with Gasteiger partial charge in [-0.25, -0.2) is 9.79 Å². The lowest BCUT2D eigenvalue weighted by Crippen LogP contribution is -2.63. The first kappa shape index (κ1) is 20.5. The van der Waals surface area contributed by atoms with E-state index in [1.54, 1.807) is 17.0 Å². The lowest BCUT2D eigenvalue weighted by Gasteiger charge is -2.40. The van der Waals surface area contributed by atoms with Crippen LogP contribution < -0.4 is 16.4 Å². The maximum atomic E-state index is 12.0. The fourth-order valence-corrected chi connectivity index (χ4v) is 2.50. The molecule has 2 rings (SSSR count). The molecule has 148 valence electrons. The minimum absolute atomic E-state index is 0.132. The smallest absolute Gasteiger partial charge is 0.410 e. The molecule has 1 aromatic rings. The molecule has 1 fully saturated rings.